The third kappa shape index (κ3) is 3.58. The van der Waals surface area contributed by atoms with Gasteiger partial charge in [-0.25, -0.2) is 8.42 Å². The van der Waals surface area contributed by atoms with E-state index >= 15 is 0 Å². The van der Waals surface area contributed by atoms with E-state index in [0.717, 1.165) is 5.56 Å². The summed E-state index contributed by atoms with van der Waals surface area (Å²) in [5, 5.41) is 0. The van der Waals surface area contributed by atoms with Crippen molar-refractivity contribution in [3.63, 3.8) is 0 Å². The average Bonchev–Trinajstić information content (AvgIpc) is 3.09. The first kappa shape index (κ1) is 22.3. The van der Waals surface area contributed by atoms with Crippen LogP contribution in [0.5, 0.6) is 0 Å². The molecule has 7 nitrogen and oxygen atoms in total. The third-order valence-corrected chi connectivity index (χ3v) is 8.51. The minimum Gasteiger partial charge on any atom is -0.307 e. The highest BCUT2D eigenvalue weighted by Crippen LogP contribution is 2.39. The lowest BCUT2D eigenvalue weighted by atomic mass is 9.79. The number of imide groups is 1. The zero-order valence-electron chi connectivity index (χ0n) is 18.7. The SMILES string of the molecule is CCS(=O)(=O)c1cc2c(n(Cc3ccccc3)c1=O)C[C@@H]1C(=O)N(c3ccccc3)C(=O)[C@@H]1C2. The highest BCUT2D eigenvalue weighted by Gasteiger charge is 2.50. The maximum Gasteiger partial charge on any atom is 0.269 e. The summed E-state index contributed by atoms with van der Waals surface area (Å²) < 4.78 is 27.0. The van der Waals surface area contributed by atoms with Gasteiger partial charge in [0.2, 0.25) is 11.8 Å². The van der Waals surface area contributed by atoms with Gasteiger partial charge in [-0.15, -0.1) is 0 Å². The normalized spacial score (nSPS) is 19.7. The quantitative estimate of drug-likeness (QED) is 0.528. The van der Waals surface area contributed by atoms with E-state index in [1.807, 2.05) is 36.4 Å². The molecule has 0 spiro atoms. The zero-order valence-corrected chi connectivity index (χ0v) is 19.5. The Morgan fingerprint density at radius 3 is 2.06 bits per heavy atom. The lowest BCUT2D eigenvalue weighted by Crippen LogP contribution is -2.37. The van der Waals surface area contributed by atoms with Gasteiger partial charge in [0.05, 0.1) is 29.8 Å². The van der Waals surface area contributed by atoms with E-state index in [4.69, 9.17) is 0 Å². The summed E-state index contributed by atoms with van der Waals surface area (Å²) in [6.07, 6.45) is 0.428. The molecule has 1 aliphatic carbocycles. The molecular weight excluding hydrogens is 452 g/mol. The second kappa shape index (κ2) is 8.36. The number of amides is 2. The van der Waals surface area contributed by atoms with Crippen LogP contribution in [-0.4, -0.2) is 30.6 Å². The van der Waals surface area contributed by atoms with Gasteiger partial charge < -0.3 is 4.57 Å². The van der Waals surface area contributed by atoms with Crippen LogP contribution in [0.15, 0.2) is 76.4 Å². The molecule has 2 aliphatic rings. The molecule has 8 heteroatoms. The van der Waals surface area contributed by atoms with Crippen LogP contribution < -0.4 is 10.5 Å². The Bertz CT molecular complexity index is 1450. The number of aromatic nitrogens is 1. The molecule has 2 atom stereocenters. The molecule has 0 saturated carbocycles. The van der Waals surface area contributed by atoms with Crippen LogP contribution in [0.2, 0.25) is 0 Å². The van der Waals surface area contributed by atoms with Crippen molar-refractivity contribution in [3.05, 3.63) is 93.9 Å². The lowest BCUT2D eigenvalue weighted by molar-refractivity contribution is -0.122. The molecule has 2 aromatic carbocycles. The smallest absolute Gasteiger partial charge is 0.269 e. The molecule has 0 bridgehead atoms. The van der Waals surface area contributed by atoms with E-state index < -0.39 is 27.2 Å². The number of benzene rings is 2. The van der Waals surface area contributed by atoms with Crippen molar-refractivity contribution < 1.29 is 18.0 Å². The summed E-state index contributed by atoms with van der Waals surface area (Å²) in [7, 11) is -3.77. The Balaban J connectivity index is 1.63. The molecule has 1 aromatic heterocycles. The number of carbonyl (C=O) groups excluding carboxylic acids is 2. The number of pyridine rings is 1. The molecule has 1 saturated heterocycles. The van der Waals surface area contributed by atoms with E-state index in [1.54, 1.807) is 24.3 Å². The monoisotopic (exact) mass is 476 g/mol. The van der Waals surface area contributed by atoms with Crippen LogP contribution in [0.25, 0.3) is 0 Å². The molecule has 1 aliphatic heterocycles. The lowest BCUT2D eigenvalue weighted by Gasteiger charge is -2.28. The van der Waals surface area contributed by atoms with E-state index in [-0.39, 0.29) is 41.8 Å². The van der Waals surface area contributed by atoms with Crippen molar-refractivity contribution in [2.75, 3.05) is 10.7 Å². The number of anilines is 1. The molecule has 34 heavy (non-hydrogen) atoms. The summed E-state index contributed by atoms with van der Waals surface area (Å²) in [6, 6.07) is 19.5. The topological polar surface area (TPSA) is 93.5 Å². The molecule has 0 radical (unpaired) electrons. The Hall–Kier alpha value is -3.52. The fourth-order valence-corrected chi connectivity index (χ4v) is 5.99. The van der Waals surface area contributed by atoms with E-state index in [0.29, 0.717) is 16.9 Å². The number of para-hydroxylation sites is 1. The predicted octanol–water partition coefficient (Wildman–Crippen LogP) is 2.59. The minimum atomic E-state index is -3.77. The van der Waals surface area contributed by atoms with Crippen molar-refractivity contribution >= 4 is 27.3 Å². The fraction of sp³-hybridized carbons (Fsp3) is 0.269. The molecule has 1 fully saturated rings. The van der Waals surface area contributed by atoms with Crippen LogP contribution >= 0.6 is 0 Å². The first-order chi connectivity index (χ1) is 16.3. The predicted molar refractivity (Wildman–Crippen MR) is 127 cm³/mol. The van der Waals surface area contributed by atoms with Crippen LogP contribution in [0, 0.1) is 11.8 Å². The summed E-state index contributed by atoms with van der Waals surface area (Å²) in [5.41, 5.74) is 2.05. The second-order valence-electron chi connectivity index (χ2n) is 8.73. The van der Waals surface area contributed by atoms with Crippen molar-refractivity contribution in [3.8, 4) is 0 Å². The Kier molecular flexibility index (Phi) is 5.48. The Labute approximate surface area is 197 Å². The summed E-state index contributed by atoms with van der Waals surface area (Å²) in [5.74, 6) is -1.93. The van der Waals surface area contributed by atoms with Gasteiger partial charge >= 0.3 is 0 Å². The average molecular weight is 477 g/mol. The maximum atomic E-state index is 13.4. The maximum absolute atomic E-state index is 13.4. The van der Waals surface area contributed by atoms with Gasteiger partial charge in [0.1, 0.15) is 4.90 Å². The zero-order chi connectivity index (χ0) is 24.0. The number of fused-ring (bicyclic) bond motifs is 2. The van der Waals surface area contributed by atoms with E-state index in [1.165, 1.54) is 22.5 Å². The van der Waals surface area contributed by atoms with Gasteiger partial charge in [-0.3, -0.25) is 19.3 Å². The van der Waals surface area contributed by atoms with Crippen LogP contribution in [0.1, 0.15) is 23.7 Å². The summed E-state index contributed by atoms with van der Waals surface area (Å²) >= 11 is 0. The number of hydrogen-bond donors (Lipinski definition) is 0. The van der Waals surface area contributed by atoms with Gasteiger partial charge in [-0.05, 0) is 35.7 Å². The fourth-order valence-electron chi connectivity index (χ4n) is 4.98. The molecular formula is C26H24N2O5S. The number of nitrogens with zero attached hydrogens (tertiary/aromatic N) is 2. The van der Waals surface area contributed by atoms with E-state index in [2.05, 4.69) is 0 Å². The van der Waals surface area contributed by atoms with E-state index in [9.17, 15) is 22.8 Å². The Morgan fingerprint density at radius 1 is 0.853 bits per heavy atom. The van der Waals surface area contributed by atoms with Crippen LogP contribution in [0.3, 0.4) is 0 Å². The molecule has 0 unspecified atom stereocenters. The number of rotatable bonds is 5. The number of sulfone groups is 1. The summed E-state index contributed by atoms with van der Waals surface area (Å²) in [4.78, 5) is 40.9. The molecule has 2 amide bonds. The highest BCUT2D eigenvalue weighted by atomic mass is 32.2. The van der Waals surface area contributed by atoms with Crippen molar-refractivity contribution in [2.45, 2.75) is 31.2 Å². The van der Waals surface area contributed by atoms with Gasteiger partial charge in [-0.1, -0.05) is 55.5 Å². The minimum absolute atomic E-state index is 0.191. The van der Waals surface area contributed by atoms with Gasteiger partial charge in [0.15, 0.2) is 9.84 Å². The molecule has 5 rings (SSSR count). The van der Waals surface area contributed by atoms with Gasteiger partial charge in [0, 0.05) is 12.1 Å². The summed E-state index contributed by atoms with van der Waals surface area (Å²) in [6.45, 7) is 1.69. The van der Waals surface area contributed by atoms with Crippen molar-refractivity contribution in [1.82, 2.24) is 4.57 Å². The van der Waals surface area contributed by atoms with Gasteiger partial charge in [-0.2, -0.15) is 0 Å². The van der Waals surface area contributed by atoms with Crippen LogP contribution in [0.4, 0.5) is 5.69 Å². The first-order valence-electron chi connectivity index (χ1n) is 11.3. The Morgan fingerprint density at radius 2 is 1.44 bits per heavy atom. The number of hydrogen-bond acceptors (Lipinski definition) is 5. The standard InChI is InChI=1S/C26H24N2O5S/c1-2-34(32,33)23-14-18-13-20-21(25(30)28(24(20)29)19-11-7-4-8-12-19)15-22(18)27(26(23)31)16-17-9-5-3-6-10-17/h3-12,14,20-21H,2,13,15-16H2,1H3/t20-,21+/m1/s1. The van der Waals surface area contributed by atoms with Crippen molar-refractivity contribution in [2.24, 2.45) is 11.8 Å². The molecule has 2 heterocycles. The van der Waals surface area contributed by atoms with Gasteiger partial charge in [0.25, 0.3) is 5.56 Å². The molecule has 3 aromatic rings. The van der Waals surface area contributed by atoms with Crippen LogP contribution in [-0.2, 0) is 38.8 Å². The largest absolute Gasteiger partial charge is 0.307 e. The molecule has 0 N–H and O–H groups in total. The first-order valence-corrected chi connectivity index (χ1v) is 12.9. The van der Waals surface area contributed by atoms with Crippen molar-refractivity contribution in [1.29, 1.82) is 0 Å². The number of carbonyl (C=O) groups is 2. The molecule has 174 valence electrons. The second-order valence-corrected chi connectivity index (χ2v) is 11.0. The third-order valence-electron chi connectivity index (χ3n) is 6.78. The highest BCUT2D eigenvalue weighted by molar-refractivity contribution is 7.91.